The van der Waals surface area contributed by atoms with E-state index in [0.717, 1.165) is 0 Å². The summed E-state index contributed by atoms with van der Waals surface area (Å²) in [5.41, 5.74) is 13.1. The molecular formula is C30H25N2O3P. The zero-order valence-electron chi connectivity index (χ0n) is 19.5. The maximum Gasteiger partial charge on any atom is 0.174 e. The Kier molecular flexibility index (Phi) is 6.48. The first-order valence-electron chi connectivity index (χ1n) is 11.4. The number of hydrogen-bond donors (Lipinski definition) is 2. The van der Waals surface area contributed by atoms with Gasteiger partial charge in [0.15, 0.2) is 7.14 Å². The van der Waals surface area contributed by atoms with E-state index in [1.54, 1.807) is 42.5 Å². The molecule has 0 radical (unpaired) electrons. The van der Waals surface area contributed by atoms with Crippen molar-refractivity contribution in [1.82, 2.24) is 0 Å². The molecular weight excluding hydrogens is 467 g/mol. The van der Waals surface area contributed by atoms with E-state index < -0.39 is 7.14 Å². The summed E-state index contributed by atoms with van der Waals surface area (Å²) in [6.45, 7) is 0. The topological polar surface area (TPSA) is 87.6 Å². The average Bonchev–Trinajstić information content (AvgIpc) is 2.90. The van der Waals surface area contributed by atoms with Crippen LogP contribution in [0.5, 0.6) is 23.0 Å². The minimum atomic E-state index is -3.37. The molecule has 0 saturated carbocycles. The maximum atomic E-state index is 15.2. The average molecular weight is 493 g/mol. The van der Waals surface area contributed by atoms with Gasteiger partial charge in [0.1, 0.15) is 23.0 Å². The molecule has 5 rings (SSSR count). The van der Waals surface area contributed by atoms with Gasteiger partial charge in [0.05, 0.1) is 5.30 Å². The molecule has 5 aromatic carbocycles. The lowest BCUT2D eigenvalue weighted by Crippen LogP contribution is -2.26. The third-order valence-electron chi connectivity index (χ3n) is 5.69. The first-order valence-corrected chi connectivity index (χ1v) is 13.2. The van der Waals surface area contributed by atoms with Crippen LogP contribution in [0, 0.1) is 0 Å². The number of rotatable bonds is 7. The molecule has 0 aliphatic heterocycles. The molecule has 0 bridgehead atoms. The summed E-state index contributed by atoms with van der Waals surface area (Å²) in [7, 11) is -3.37. The van der Waals surface area contributed by atoms with Gasteiger partial charge in [-0.3, -0.25) is 0 Å². The highest BCUT2D eigenvalue weighted by atomic mass is 31.2. The van der Waals surface area contributed by atoms with Crippen LogP contribution in [0.1, 0.15) is 0 Å². The molecule has 0 atom stereocenters. The minimum absolute atomic E-state index is 0.455. The highest BCUT2D eigenvalue weighted by Gasteiger charge is 2.33. The molecule has 5 nitrogen and oxygen atoms in total. The fourth-order valence-electron chi connectivity index (χ4n) is 4.02. The Morgan fingerprint density at radius 1 is 0.500 bits per heavy atom. The number of hydrogen-bond acceptors (Lipinski definition) is 5. The molecule has 0 amide bonds. The molecule has 4 N–H and O–H groups in total. The quantitative estimate of drug-likeness (QED) is 0.213. The molecule has 0 aliphatic carbocycles. The summed E-state index contributed by atoms with van der Waals surface area (Å²) in [4.78, 5) is 0. The fraction of sp³-hybridized carbons (Fsp3) is 0. The second kappa shape index (κ2) is 10.0. The van der Waals surface area contributed by atoms with Crippen molar-refractivity contribution < 1.29 is 14.0 Å². The van der Waals surface area contributed by atoms with E-state index in [4.69, 9.17) is 20.9 Å². The highest BCUT2D eigenvalue weighted by molar-refractivity contribution is 7.85. The third-order valence-corrected chi connectivity index (χ3v) is 8.77. The summed E-state index contributed by atoms with van der Waals surface area (Å²) in [5, 5.41) is 1.90. The molecule has 0 aliphatic rings. The first kappa shape index (κ1) is 23.3. The van der Waals surface area contributed by atoms with Crippen molar-refractivity contribution in [3.8, 4) is 23.0 Å². The molecule has 0 fully saturated rings. The lowest BCUT2D eigenvalue weighted by molar-refractivity contribution is 0.472. The molecule has 0 spiro atoms. The van der Waals surface area contributed by atoms with Gasteiger partial charge in [0, 0.05) is 34.1 Å². The van der Waals surface area contributed by atoms with Gasteiger partial charge >= 0.3 is 0 Å². The Hall–Kier alpha value is -4.47. The lowest BCUT2D eigenvalue weighted by atomic mass is 10.3. The summed E-state index contributed by atoms with van der Waals surface area (Å²) < 4.78 is 27.6. The van der Waals surface area contributed by atoms with Crippen molar-refractivity contribution in [3.63, 3.8) is 0 Å². The van der Waals surface area contributed by atoms with E-state index in [1.807, 2.05) is 84.9 Å². The molecule has 0 unspecified atom stereocenters. The van der Waals surface area contributed by atoms with Crippen LogP contribution in [-0.4, -0.2) is 0 Å². The Labute approximate surface area is 210 Å². The number of anilines is 2. The number of nitrogens with two attached hydrogens (primary N) is 2. The Bertz CT molecular complexity index is 1500. The van der Waals surface area contributed by atoms with E-state index in [0.29, 0.717) is 50.3 Å². The van der Waals surface area contributed by atoms with Crippen LogP contribution in [-0.2, 0) is 4.57 Å². The van der Waals surface area contributed by atoms with Crippen LogP contribution in [0.2, 0.25) is 0 Å². The summed E-state index contributed by atoms with van der Waals surface area (Å²) >= 11 is 0. The monoisotopic (exact) mass is 492 g/mol. The standard InChI is InChI=1S/C30H25N2O3P/c31-22-9-7-11-24(19-22)34-26-17-18-29(35-25-12-8-10-23(32)20-25)30(21-26)36(33,27-13-3-1-4-14-27)28-15-5-2-6-16-28/h1-21H,31-32H2. The molecule has 0 aromatic heterocycles. The van der Waals surface area contributed by atoms with Gasteiger partial charge < -0.3 is 25.5 Å². The summed E-state index contributed by atoms with van der Waals surface area (Å²) in [6.07, 6.45) is 0. The van der Waals surface area contributed by atoms with E-state index >= 15 is 4.57 Å². The maximum absolute atomic E-state index is 15.2. The first-order chi connectivity index (χ1) is 17.5. The molecule has 36 heavy (non-hydrogen) atoms. The second-order valence-corrected chi connectivity index (χ2v) is 11.0. The van der Waals surface area contributed by atoms with Crippen molar-refractivity contribution in [2.75, 3.05) is 11.5 Å². The molecule has 178 valence electrons. The van der Waals surface area contributed by atoms with Crippen LogP contribution < -0.4 is 36.9 Å². The highest BCUT2D eigenvalue weighted by Crippen LogP contribution is 2.47. The smallest absolute Gasteiger partial charge is 0.174 e. The van der Waals surface area contributed by atoms with Crippen molar-refractivity contribution >= 4 is 34.4 Å². The van der Waals surface area contributed by atoms with Gasteiger partial charge in [-0.05, 0) is 42.5 Å². The zero-order valence-corrected chi connectivity index (χ0v) is 20.3. The molecule has 6 heteroatoms. The number of ether oxygens (including phenoxy) is 2. The van der Waals surface area contributed by atoms with Gasteiger partial charge in [-0.25, -0.2) is 0 Å². The number of benzene rings is 5. The largest absolute Gasteiger partial charge is 0.457 e. The van der Waals surface area contributed by atoms with Crippen LogP contribution in [0.3, 0.4) is 0 Å². The zero-order chi connectivity index (χ0) is 25.0. The minimum Gasteiger partial charge on any atom is -0.457 e. The number of nitrogen functional groups attached to an aromatic ring is 2. The van der Waals surface area contributed by atoms with Gasteiger partial charge in [-0.1, -0.05) is 72.8 Å². The van der Waals surface area contributed by atoms with Gasteiger partial charge in [0.2, 0.25) is 0 Å². The van der Waals surface area contributed by atoms with Gasteiger partial charge in [0.25, 0.3) is 0 Å². The van der Waals surface area contributed by atoms with Gasteiger partial charge in [-0.15, -0.1) is 0 Å². The Morgan fingerprint density at radius 2 is 1.00 bits per heavy atom. The predicted octanol–water partition coefficient (Wildman–Crippen LogP) is 6.08. The van der Waals surface area contributed by atoms with E-state index in [2.05, 4.69) is 0 Å². The van der Waals surface area contributed by atoms with E-state index in [-0.39, 0.29) is 0 Å². The van der Waals surface area contributed by atoms with E-state index in [9.17, 15) is 0 Å². The van der Waals surface area contributed by atoms with Crippen molar-refractivity contribution in [2.24, 2.45) is 0 Å². The van der Waals surface area contributed by atoms with Gasteiger partial charge in [-0.2, -0.15) is 0 Å². The second-order valence-electron chi connectivity index (χ2n) is 8.26. The SMILES string of the molecule is Nc1cccc(Oc2ccc(Oc3cccc(N)c3)c(P(=O)(c3ccccc3)c3ccccc3)c2)c1. The summed E-state index contributed by atoms with van der Waals surface area (Å²) in [6, 6.07) is 38.5. The lowest BCUT2D eigenvalue weighted by Gasteiger charge is -2.23. The van der Waals surface area contributed by atoms with Crippen LogP contribution >= 0.6 is 7.14 Å². The van der Waals surface area contributed by atoms with Crippen molar-refractivity contribution in [2.45, 2.75) is 0 Å². The predicted molar refractivity (Wildman–Crippen MR) is 148 cm³/mol. The Morgan fingerprint density at radius 3 is 1.53 bits per heavy atom. The molecule has 5 aromatic rings. The Balaban J connectivity index is 1.70. The van der Waals surface area contributed by atoms with Crippen LogP contribution in [0.25, 0.3) is 0 Å². The summed E-state index contributed by atoms with van der Waals surface area (Å²) in [5.74, 6) is 2.10. The van der Waals surface area contributed by atoms with E-state index in [1.165, 1.54) is 0 Å². The normalized spacial score (nSPS) is 11.1. The molecule has 0 saturated heterocycles. The van der Waals surface area contributed by atoms with Crippen molar-refractivity contribution in [1.29, 1.82) is 0 Å². The third kappa shape index (κ3) is 4.83. The van der Waals surface area contributed by atoms with Crippen LogP contribution in [0.15, 0.2) is 127 Å². The van der Waals surface area contributed by atoms with Crippen molar-refractivity contribution in [3.05, 3.63) is 127 Å². The molecule has 0 heterocycles. The fourth-order valence-corrected chi connectivity index (χ4v) is 6.79. The van der Waals surface area contributed by atoms with Crippen LogP contribution in [0.4, 0.5) is 11.4 Å².